The Morgan fingerprint density at radius 3 is 2.50 bits per heavy atom. The molecule has 0 aromatic heterocycles. The van der Waals surface area contributed by atoms with Crippen LogP contribution < -0.4 is 4.72 Å². The zero-order chi connectivity index (χ0) is 9.40. The molecule has 74 valence electrons. The van der Waals surface area contributed by atoms with Gasteiger partial charge in [0.25, 0.3) is 0 Å². The second kappa shape index (κ2) is 7.71. The Kier molecular flexibility index (Phi) is 7.75. The molecule has 12 heavy (non-hydrogen) atoms. The van der Waals surface area contributed by atoms with Crippen molar-refractivity contribution in [1.29, 1.82) is 0 Å². The zero-order valence-corrected chi connectivity index (χ0v) is 8.69. The summed E-state index contributed by atoms with van der Waals surface area (Å²) < 4.78 is 21.2. The molecule has 4 heteroatoms. The lowest BCUT2D eigenvalue weighted by molar-refractivity contribution is 0.429. The van der Waals surface area contributed by atoms with Gasteiger partial charge in [0.2, 0.25) is 11.3 Å². The van der Waals surface area contributed by atoms with E-state index >= 15 is 0 Å². The molecule has 0 saturated heterocycles. The average molecular weight is 193 g/mol. The van der Waals surface area contributed by atoms with Gasteiger partial charge >= 0.3 is 0 Å². The van der Waals surface area contributed by atoms with Gasteiger partial charge in [0.1, 0.15) is 0 Å². The SMILES string of the molecule is CCCC(CC)CCNS(=O)O. The van der Waals surface area contributed by atoms with Crippen LogP contribution >= 0.6 is 0 Å². The van der Waals surface area contributed by atoms with Crippen molar-refractivity contribution in [2.45, 2.75) is 39.5 Å². The molecule has 0 aliphatic heterocycles. The third-order valence-corrected chi connectivity index (χ3v) is 2.50. The van der Waals surface area contributed by atoms with E-state index < -0.39 is 11.3 Å². The molecule has 0 fully saturated rings. The van der Waals surface area contributed by atoms with E-state index in [1.165, 1.54) is 12.8 Å². The maximum Gasteiger partial charge on any atom is 0.231 e. The first-order chi connectivity index (χ1) is 5.70. The minimum atomic E-state index is -1.84. The summed E-state index contributed by atoms with van der Waals surface area (Å²) >= 11 is -1.84. The van der Waals surface area contributed by atoms with Gasteiger partial charge in [-0.1, -0.05) is 33.1 Å². The van der Waals surface area contributed by atoms with Crippen molar-refractivity contribution >= 4 is 11.3 Å². The van der Waals surface area contributed by atoms with Crippen LogP contribution in [-0.2, 0) is 11.3 Å². The van der Waals surface area contributed by atoms with Crippen LogP contribution in [0.5, 0.6) is 0 Å². The van der Waals surface area contributed by atoms with Gasteiger partial charge in [-0.3, -0.25) is 4.55 Å². The lowest BCUT2D eigenvalue weighted by atomic mass is 9.97. The Hall–Kier alpha value is 0.0700. The van der Waals surface area contributed by atoms with Crippen molar-refractivity contribution in [1.82, 2.24) is 4.72 Å². The molecule has 0 heterocycles. The molecule has 2 atom stereocenters. The molecule has 0 saturated carbocycles. The highest BCUT2D eigenvalue weighted by molar-refractivity contribution is 7.77. The average Bonchev–Trinajstić information content (AvgIpc) is 2.02. The summed E-state index contributed by atoms with van der Waals surface area (Å²) in [7, 11) is 0. The fourth-order valence-electron chi connectivity index (χ4n) is 1.31. The van der Waals surface area contributed by atoms with Gasteiger partial charge in [-0.2, -0.15) is 0 Å². The monoisotopic (exact) mass is 193 g/mol. The van der Waals surface area contributed by atoms with Crippen LogP contribution in [0, 0.1) is 5.92 Å². The van der Waals surface area contributed by atoms with E-state index in [-0.39, 0.29) is 0 Å². The maximum absolute atomic E-state index is 10.2. The van der Waals surface area contributed by atoms with Gasteiger partial charge in [0, 0.05) is 6.54 Å². The molecular formula is C8H19NO2S. The minimum absolute atomic E-state index is 0.640. The van der Waals surface area contributed by atoms with Gasteiger partial charge in [-0.25, -0.2) is 8.93 Å². The molecule has 0 aromatic rings. The molecule has 2 unspecified atom stereocenters. The lowest BCUT2D eigenvalue weighted by Crippen LogP contribution is -2.19. The molecule has 0 amide bonds. The first-order valence-corrected chi connectivity index (χ1v) is 5.65. The summed E-state index contributed by atoms with van der Waals surface area (Å²) in [6, 6.07) is 0. The second-order valence-corrected chi connectivity index (χ2v) is 3.78. The fourth-order valence-corrected chi connectivity index (χ4v) is 1.60. The number of hydrogen-bond donors (Lipinski definition) is 2. The molecule has 0 radical (unpaired) electrons. The summed E-state index contributed by atoms with van der Waals surface area (Å²) in [5.41, 5.74) is 0. The Balaban J connectivity index is 3.37. The minimum Gasteiger partial charge on any atom is -0.294 e. The third-order valence-electron chi connectivity index (χ3n) is 2.05. The lowest BCUT2D eigenvalue weighted by Gasteiger charge is -2.12. The van der Waals surface area contributed by atoms with E-state index in [0.717, 1.165) is 12.8 Å². The highest BCUT2D eigenvalue weighted by Gasteiger charge is 2.04. The summed E-state index contributed by atoms with van der Waals surface area (Å²) in [4.78, 5) is 0. The Morgan fingerprint density at radius 1 is 1.42 bits per heavy atom. The van der Waals surface area contributed by atoms with E-state index in [2.05, 4.69) is 18.6 Å². The van der Waals surface area contributed by atoms with E-state index in [4.69, 9.17) is 4.55 Å². The topological polar surface area (TPSA) is 49.3 Å². The molecule has 2 N–H and O–H groups in total. The van der Waals surface area contributed by atoms with Crippen LogP contribution in [0.3, 0.4) is 0 Å². The molecular weight excluding hydrogens is 174 g/mol. The van der Waals surface area contributed by atoms with E-state index in [1.54, 1.807) is 0 Å². The van der Waals surface area contributed by atoms with Gasteiger partial charge in [-0.05, 0) is 12.3 Å². The van der Waals surface area contributed by atoms with E-state index in [1.807, 2.05) is 0 Å². The molecule has 0 spiro atoms. The molecule has 3 nitrogen and oxygen atoms in total. The van der Waals surface area contributed by atoms with Crippen molar-refractivity contribution in [3.05, 3.63) is 0 Å². The van der Waals surface area contributed by atoms with Crippen molar-refractivity contribution < 1.29 is 8.76 Å². The summed E-state index contributed by atoms with van der Waals surface area (Å²) in [5.74, 6) is 0.700. The van der Waals surface area contributed by atoms with Crippen molar-refractivity contribution in [3.63, 3.8) is 0 Å². The molecule has 0 aliphatic rings. The van der Waals surface area contributed by atoms with Crippen LogP contribution in [0.4, 0.5) is 0 Å². The van der Waals surface area contributed by atoms with E-state index in [0.29, 0.717) is 12.5 Å². The quantitative estimate of drug-likeness (QED) is 0.607. The van der Waals surface area contributed by atoms with Crippen LogP contribution in [-0.4, -0.2) is 15.3 Å². The highest BCUT2D eigenvalue weighted by atomic mass is 32.2. The number of rotatable bonds is 7. The first kappa shape index (κ1) is 12.1. The largest absolute Gasteiger partial charge is 0.294 e. The summed E-state index contributed by atoms with van der Waals surface area (Å²) in [6.07, 6.45) is 4.57. The zero-order valence-electron chi connectivity index (χ0n) is 7.88. The summed E-state index contributed by atoms with van der Waals surface area (Å²) in [6.45, 7) is 4.97. The normalized spacial score (nSPS) is 15.9. The first-order valence-electron chi connectivity index (χ1n) is 4.55. The van der Waals surface area contributed by atoms with Crippen molar-refractivity contribution in [3.8, 4) is 0 Å². The molecule has 0 bridgehead atoms. The number of nitrogens with one attached hydrogen (secondary N) is 1. The standard InChI is InChI=1S/C8H19NO2S/c1-3-5-8(4-2)6-7-9-12(10)11/h8-9H,3-7H2,1-2H3,(H,10,11). The predicted octanol–water partition coefficient (Wildman–Crippen LogP) is 1.93. The van der Waals surface area contributed by atoms with Gasteiger partial charge in [0.05, 0.1) is 0 Å². The van der Waals surface area contributed by atoms with Crippen LogP contribution in [0.1, 0.15) is 39.5 Å². The van der Waals surface area contributed by atoms with Gasteiger partial charge in [0.15, 0.2) is 0 Å². The van der Waals surface area contributed by atoms with Gasteiger partial charge < -0.3 is 0 Å². The Labute approximate surface area is 77.4 Å². The Morgan fingerprint density at radius 2 is 2.08 bits per heavy atom. The molecule has 0 aliphatic carbocycles. The van der Waals surface area contributed by atoms with Crippen molar-refractivity contribution in [2.24, 2.45) is 5.92 Å². The summed E-state index contributed by atoms with van der Waals surface area (Å²) in [5, 5.41) is 0. The maximum atomic E-state index is 10.2. The van der Waals surface area contributed by atoms with Crippen LogP contribution in [0.15, 0.2) is 0 Å². The predicted molar refractivity (Wildman–Crippen MR) is 52.1 cm³/mol. The van der Waals surface area contributed by atoms with E-state index in [9.17, 15) is 4.21 Å². The smallest absolute Gasteiger partial charge is 0.231 e. The molecule has 0 rings (SSSR count). The molecule has 0 aromatic carbocycles. The Bertz CT molecular complexity index is 130. The van der Waals surface area contributed by atoms with Crippen molar-refractivity contribution in [2.75, 3.05) is 6.54 Å². The van der Waals surface area contributed by atoms with Gasteiger partial charge in [-0.15, -0.1) is 0 Å². The second-order valence-electron chi connectivity index (χ2n) is 3.00. The van der Waals surface area contributed by atoms with Crippen LogP contribution in [0.2, 0.25) is 0 Å². The van der Waals surface area contributed by atoms with Crippen LogP contribution in [0.25, 0.3) is 0 Å². The highest BCUT2D eigenvalue weighted by Crippen LogP contribution is 2.13. The third kappa shape index (κ3) is 6.76. The fraction of sp³-hybridized carbons (Fsp3) is 1.00. The number of hydrogen-bond acceptors (Lipinski definition) is 1.